The van der Waals surface area contributed by atoms with Gasteiger partial charge in [-0.2, -0.15) is 13.2 Å². The fourth-order valence-corrected chi connectivity index (χ4v) is 2.48. The maximum absolute atomic E-state index is 12.5. The molecule has 0 saturated heterocycles. The summed E-state index contributed by atoms with van der Waals surface area (Å²) in [6.07, 6.45) is -4.40. The third kappa shape index (κ3) is 3.71. The van der Waals surface area contributed by atoms with Crippen LogP contribution in [-0.2, 0) is 12.7 Å². The number of nitrogens with one attached hydrogen (secondary N) is 2. The number of rotatable bonds is 3. The number of H-pyrrole nitrogens is 1. The average molecular weight is 346 g/mol. The number of carbonyl (C=O) groups is 1. The first-order chi connectivity index (χ1) is 11.8. The Kier molecular flexibility index (Phi) is 4.31. The SMILES string of the molecule is O=C(NCc1ccc(C(F)(F)F)cc1)c1cc(=O)[nH]c2ccccc12. The highest BCUT2D eigenvalue weighted by Gasteiger charge is 2.29. The van der Waals surface area contributed by atoms with Crippen molar-refractivity contribution < 1.29 is 18.0 Å². The fraction of sp³-hybridized carbons (Fsp3) is 0.111. The fourth-order valence-electron chi connectivity index (χ4n) is 2.48. The number of hydrogen-bond donors (Lipinski definition) is 2. The van der Waals surface area contributed by atoms with Crippen LogP contribution in [0.3, 0.4) is 0 Å². The molecule has 0 saturated carbocycles. The predicted molar refractivity (Wildman–Crippen MR) is 87.2 cm³/mol. The molecule has 2 N–H and O–H groups in total. The first kappa shape index (κ1) is 16.8. The van der Waals surface area contributed by atoms with Crippen LogP contribution < -0.4 is 10.9 Å². The van der Waals surface area contributed by atoms with E-state index in [4.69, 9.17) is 0 Å². The van der Waals surface area contributed by atoms with Gasteiger partial charge in [0, 0.05) is 23.5 Å². The Morgan fingerprint density at radius 2 is 1.72 bits per heavy atom. The maximum atomic E-state index is 12.5. The Morgan fingerprint density at radius 3 is 2.40 bits per heavy atom. The Hall–Kier alpha value is -3.09. The Balaban J connectivity index is 1.78. The van der Waals surface area contributed by atoms with Crippen LogP contribution in [0.1, 0.15) is 21.5 Å². The molecule has 0 spiro atoms. The summed E-state index contributed by atoms with van der Waals surface area (Å²) in [4.78, 5) is 26.7. The second-order valence-electron chi connectivity index (χ2n) is 5.47. The van der Waals surface area contributed by atoms with Gasteiger partial charge in [0.1, 0.15) is 0 Å². The minimum atomic E-state index is -4.40. The number of pyridine rings is 1. The number of aromatic amines is 1. The Labute approximate surface area is 140 Å². The number of benzene rings is 2. The number of aromatic nitrogens is 1. The zero-order chi connectivity index (χ0) is 18.0. The molecule has 0 atom stereocenters. The van der Waals surface area contributed by atoms with Crippen molar-refractivity contribution in [2.45, 2.75) is 12.7 Å². The molecule has 0 bridgehead atoms. The van der Waals surface area contributed by atoms with Crippen molar-refractivity contribution in [3.05, 3.63) is 81.6 Å². The average Bonchev–Trinajstić information content (AvgIpc) is 2.58. The van der Waals surface area contributed by atoms with Gasteiger partial charge in [-0.05, 0) is 23.8 Å². The van der Waals surface area contributed by atoms with Gasteiger partial charge in [-0.15, -0.1) is 0 Å². The lowest BCUT2D eigenvalue weighted by atomic mass is 10.1. The summed E-state index contributed by atoms with van der Waals surface area (Å²) in [7, 11) is 0. The van der Waals surface area contributed by atoms with Gasteiger partial charge in [0.15, 0.2) is 0 Å². The Morgan fingerprint density at radius 1 is 1.04 bits per heavy atom. The number of alkyl halides is 3. The number of halogens is 3. The minimum absolute atomic E-state index is 0.0537. The van der Waals surface area contributed by atoms with Crippen LogP contribution in [0.25, 0.3) is 10.9 Å². The summed E-state index contributed by atoms with van der Waals surface area (Å²) in [5, 5.41) is 3.21. The van der Waals surface area contributed by atoms with Gasteiger partial charge in [0.25, 0.3) is 5.91 Å². The van der Waals surface area contributed by atoms with Crippen molar-refractivity contribution in [3.8, 4) is 0 Å². The van der Waals surface area contributed by atoms with E-state index in [9.17, 15) is 22.8 Å². The zero-order valence-corrected chi connectivity index (χ0v) is 12.9. The molecule has 0 aliphatic heterocycles. The molecule has 0 unspecified atom stereocenters. The van der Waals surface area contributed by atoms with Gasteiger partial charge in [0.2, 0.25) is 5.56 Å². The van der Waals surface area contributed by atoms with Crippen LogP contribution in [0.2, 0.25) is 0 Å². The van der Waals surface area contributed by atoms with E-state index in [1.807, 2.05) is 0 Å². The van der Waals surface area contributed by atoms with Gasteiger partial charge in [0.05, 0.1) is 11.1 Å². The maximum Gasteiger partial charge on any atom is 0.416 e. The number of para-hydroxylation sites is 1. The highest BCUT2D eigenvalue weighted by Crippen LogP contribution is 2.29. The third-order valence-corrected chi connectivity index (χ3v) is 3.73. The molecular formula is C18H13F3N2O2. The van der Waals surface area contributed by atoms with Gasteiger partial charge >= 0.3 is 6.18 Å². The molecule has 25 heavy (non-hydrogen) atoms. The lowest BCUT2D eigenvalue weighted by molar-refractivity contribution is -0.137. The molecule has 1 amide bonds. The van der Waals surface area contributed by atoms with Crippen molar-refractivity contribution >= 4 is 16.8 Å². The van der Waals surface area contributed by atoms with Gasteiger partial charge in [-0.25, -0.2) is 0 Å². The summed E-state index contributed by atoms with van der Waals surface area (Å²) in [6.45, 7) is 0.0537. The van der Waals surface area contributed by atoms with Crippen LogP contribution in [0.5, 0.6) is 0 Å². The summed E-state index contributed by atoms with van der Waals surface area (Å²) >= 11 is 0. The number of hydrogen-bond acceptors (Lipinski definition) is 2. The first-order valence-corrected chi connectivity index (χ1v) is 7.41. The van der Waals surface area contributed by atoms with Crippen LogP contribution in [0, 0.1) is 0 Å². The third-order valence-electron chi connectivity index (χ3n) is 3.73. The molecule has 0 fully saturated rings. The molecule has 128 valence electrons. The highest BCUT2D eigenvalue weighted by molar-refractivity contribution is 6.05. The van der Waals surface area contributed by atoms with Gasteiger partial charge in [-0.1, -0.05) is 30.3 Å². The quantitative estimate of drug-likeness (QED) is 0.763. The number of carbonyl (C=O) groups excluding carboxylic acids is 1. The summed E-state index contributed by atoms with van der Waals surface area (Å²) in [5.74, 6) is -0.470. The molecule has 0 aliphatic rings. The van der Waals surface area contributed by atoms with E-state index < -0.39 is 23.2 Å². The van der Waals surface area contributed by atoms with E-state index in [1.54, 1.807) is 24.3 Å². The lowest BCUT2D eigenvalue weighted by Crippen LogP contribution is -2.24. The minimum Gasteiger partial charge on any atom is -0.348 e. The highest BCUT2D eigenvalue weighted by atomic mass is 19.4. The van der Waals surface area contributed by atoms with E-state index in [0.29, 0.717) is 16.5 Å². The van der Waals surface area contributed by atoms with Crippen molar-refractivity contribution in [1.82, 2.24) is 10.3 Å². The second-order valence-corrected chi connectivity index (χ2v) is 5.47. The topological polar surface area (TPSA) is 62.0 Å². The van der Waals surface area contributed by atoms with Crippen LogP contribution >= 0.6 is 0 Å². The summed E-state index contributed by atoms with van der Waals surface area (Å²) in [5.41, 5.74) is 0.123. The van der Waals surface area contributed by atoms with Crippen LogP contribution in [0.15, 0.2) is 59.4 Å². The van der Waals surface area contributed by atoms with E-state index >= 15 is 0 Å². The molecule has 3 rings (SSSR count). The van der Waals surface area contributed by atoms with Crippen molar-refractivity contribution in [3.63, 3.8) is 0 Å². The smallest absolute Gasteiger partial charge is 0.348 e. The van der Waals surface area contributed by atoms with E-state index in [2.05, 4.69) is 10.3 Å². The molecule has 1 aromatic heterocycles. The number of fused-ring (bicyclic) bond motifs is 1. The molecule has 4 nitrogen and oxygen atoms in total. The Bertz CT molecular complexity index is 976. The molecule has 0 aliphatic carbocycles. The van der Waals surface area contributed by atoms with Crippen molar-refractivity contribution in [2.24, 2.45) is 0 Å². The van der Waals surface area contributed by atoms with Crippen LogP contribution in [-0.4, -0.2) is 10.9 Å². The predicted octanol–water partition coefficient (Wildman–Crippen LogP) is 3.48. The molecule has 2 aromatic carbocycles. The zero-order valence-electron chi connectivity index (χ0n) is 12.9. The summed E-state index contributed by atoms with van der Waals surface area (Å²) in [6, 6.07) is 12.6. The number of amides is 1. The van der Waals surface area contributed by atoms with E-state index in [0.717, 1.165) is 12.1 Å². The van der Waals surface area contributed by atoms with Gasteiger partial charge in [-0.3, -0.25) is 9.59 Å². The molecule has 3 aromatic rings. The van der Waals surface area contributed by atoms with Crippen LogP contribution in [0.4, 0.5) is 13.2 Å². The standard InChI is InChI=1S/C18H13F3N2O2/c19-18(20,21)12-7-5-11(6-8-12)10-22-17(25)14-9-16(24)23-15-4-2-1-3-13(14)15/h1-9H,10H2,(H,22,25)(H,23,24). The van der Waals surface area contributed by atoms with Crippen molar-refractivity contribution in [2.75, 3.05) is 0 Å². The van der Waals surface area contributed by atoms with Crippen molar-refractivity contribution in [1.29, 1.82) is 0 Å². The molecule has 7 heteroatoms. The normalized spacial score (nSPS) is 11.5. The first-order valence-electron chi connectivity index (χ1n) is 7.41. The molecular weight excluding hydrogens is 333 g/mol. The van der Waals surface area contributed by atoms with E-state index in [1.165, 1.54) is 18.2 Å². The second kappa shape index (κ2) is 6.43. The van der Waals surface area contributed by atoms with E-state index in [-0.39, 0.29) is 12.1 Å². The largest absolute Gasteiger partial charge is 0.416 e. The lowest BCUT2D eigenvalue weighted by Gasteiger charge is -2.10. The molecule has 0 radical (unpaired) electrons. The van der Waals surface area contributed by atoms with Gasteiger partial charge < -0.3 is 10.3 Å². The molecule has 1 heterocycles. The summed E-state index contributed by atoms with van der Waals surface area (Å²) < 4.78 is 37.6. The monoisotopic (exact) mass is 346 g/mol.